The average Bonchev–Trinajstić information content (AvgIpc) is 2.30. The lowest BCUT2D eigenvalue weighted by atomic mass is 10.2. The van der Waals surface area contributed by atoms with Gasteiger partial charge in [0.2, 0.25) is 0 Å². The van der Waals surface area contributed by atoms with E-state index in [0.717, 1.165) is 12.0 Å². The standard InChI is InChI=1S/C12H18N2O2/c1-3-11(9-15)14(2)13-8-10-4-6-12(16)7-5-10/h4-8,11,15-16H,3,9H2,1-2H3/b13-8+/t11-/m1/s1. The van der Waals surface area contributed by atoms with Crippen LogP contribution in [0.25, 0.3) is 0 Å². The van der Waals surface area contributed by atoms with E-state index in [0.29, 0.717) is 0 Å². The second kappa shape index (κ2) is 6.12. The fourth-order valence-corrected chi connectivity index (χ4v) is 1.32. The second-order valence-corrected chi connectivity index (χ2v) is 3.65. The van der Waals surface area contributed by atoms with Crippen molar-refractivity contribution < 1.29 is 10.2 Å². The van der Waals surface area contributed by atoms with Crippen LogP contribution >= 0.6 is 0 Å². The first-order valence-electron chi connectivity index (χ1n) is 5.34. The number of aromatic hydroxyl groups is 1. The van der Waals surface area contributed by atoms with Gasteiger partial charge in [0.15, 0.2) is 0 Å². The van der Waals surface area contributed by atoms with Crippen LogP contribution in [0.2, 0.25) is 0 Å². The topological polar surface area (TPSA) is 56.1 Å². The predicted molar refractivity (Wildman–Crippen MR) is 64.6 cm³/mol. The summed E-state index contributed by atoms with van der Waals surface area (Å²) in [7, 11) is 1.83. The average molecular weight is 222 g/mol. The van der Waals surface area contributed by atoms with E-state index in [1.807, 2.05) is 14.0 Å². The summed E-state index contributed by atoms with van der Waals surface area (Å²) in [6.07, 6.45) is 2.55. The number of phenols is 1. The van der Waals surface area contributed by atoms with Gasteiger partial charge in [-0.1, -0.05) is 6.92 Å². The Kier molecular flexibility index (Phi) is 4.79. The molecule has 0 aromatic heterocycles. The van der Waals surface area contributed by atoms with Gasteiger partial charge in [0.25, 0.3) is 0 Å². The molecule has 4 nitrogen and oxygen atoms in total. The Morgan fingerprint density at radius 2 is 2.00 bits per heavy atom. The SMILES string of the molecule is CC[C@H](CO)N(C)/N=C/c1ccc(O)cc1. The molecule has 0 spiro atoms. The Labute approximate surface area is 95.8 Å². The highest BCUT2D eigenvalue weighted by Gasteiger charge is 2.07. The van der Waals surface area contributed by atoms with Gasteiger partial charge in [-0.2, -0.15) is 5.10 Å². The van der Waals surface area contributed by atoms with E-state index in [1.165, 1.54) is 0 Å². The molecule has 0 radical (unpaired) electrons. The van der Waals surface area contributed by atoms with Crippen LogP contribution in [0, 0.1) is 0 Å². The number of phenolic OH excluding ortho intramolecular Hbond substituents is 1. The number of benzene rings is 1. The van der Waals surface area contributed by atoms with E-state index >= 15 is 0 Å². The lowest BCUT2D eigenvalue weighted by Gasteiger charge is -2.21. The van der Waals surface area contributed by atoms with E-state index in [1.54, 1.807) is 35.5 Å². The summed E-state index contributed by atoms with van der Waals surface area (Å²) in [5.74, 6) is 0.243. The molecule has 0 bridgehead atoms. The molecule has 4 heteroatoms. The van der Waals surface area contributed by atoms with Crippen LogP contribution in [-0.2, 0) is 0 Å². The Bertz CT molecular complexity index is 331. The minimum absolute atomic E-state index is 0.0494. The van der Waals surface area contributed by atoms with E-state index in [-0.39, 0.29) is 18.4 Å². The molecule has 0 amide bonds. The summed E-state index contributed by atoms with van der Waals surface area (Å²) in [5.41, 5.74) is 0.914. The third-order valence-corrected chi connectivity index (χ3v) is 2.49. The van der Waals surface area contributed by atoms with E-state index in [9.17, 15) is 0 Å². The maximum atomic E-state index is 9.11. The summed E-state index contributed by atoms with van der Waals surface area (Å²) in [6, 6.07) is 6.85. The number of aliphatic hydroxyl groups excluding tert-OH is 1. The molecule has 0 saturated carbocycles. The molecule has 2 N–H and O–H groups in total. The first kappa shape index (κ1) is 12.5. The third kappa shape index (κ3) is 3.55. The minimum Gasteiger partial charge on any atom is -0.508 e. The molecule has 16 heavy (non-hydrogen) atoms. The largest absolute Gasteiger partial charge is 0.508 e. The van der Waals surface area contributed by atoms with Gasteiger partial charge in [-0.3, -0.25) is 5.01 Å². The quantitative estimate of drug-likeness (QED) is 0.585. The molecule has 0 aliphatic heterocycles. The molecule has 0 aliphatic carbocycles. The molecule has 0 fully saturated rings. The first-order valence-corrected chi connectivity index (χ1v) is 5.34. The van der Waals surface area contributed by atoms with Gasteiger partial charge in [-0.15, -0.1) is 0 Å². The van der Waals surface area contributed by atoms with Crippen molar-refractivity contribution in [3.8, 4) is 5.75 Å². The van der Waals surface area contributed by atoms with Crippen molar-refractivity contribution in [1.29, 1.82) is 0 Å². The highest BCUT2D eigenvalue weighted by atomic mass is 16.3. The predicted octanol–water partition coefficient (Wildman–Crippen LogP) is 1.43. The van der Waals surface area contributed by atoms with Crippen molar-refractivity contribution in [2.24, 2.45) is 5.10 Å². The zero-order chi connectivity index (χ0) is 12.0. The van der Waals surface area contributed by atoms with Crippen LogP contribution in [-0.4, -0.2) is 41.1 Å². The molecular weight excluding hydrogens is 204 g/mol. The smallest absolute Gasteiger partial charge is 0.115 e. The van der Waals surface area contributed by atoms with Crippen molar-refractivity contribution in [2.75, 3.05) is 13.7 Å². The van der Waals surface area contributed by atoms with Crippen molar-refractivity contribution in [3.63, 3.8) is 0 Å². The summed E-state index contributed by atoms with van der Waals surface area (Å²) < 4.78 is 0. The summed E-state index contributed by atoms with van der Waals surface area (Å²) in [6.45, 7) is 2.10. The van der Waals surface area contributed by atoms with Crippen molar-refractivity contribution >= 4 is 6.21 Å². The number of hydrogen-bond acceptors (Lipinski definition) is 4. The van der Waals surface area contributed by atoms with E-state index in [2.05, 4.69) is 5.10 Å². The number of hydrogen-bond donors (Lipinski definition) is 2. The van der Waals surface area contributed by atoms with Gasteiger partial charge in [-0.05, 0) is 36.2 Å². The molecule has 0 aliphatic rings. The van der Waals surface area contributed by atoms with Gasteiger partial charge in [0.1, 0.15) is 5.75 Å². The second-order valence-electron chi connectivity index (χ2n) is 3.65. The summed E-state index contributed by atoms with van der Waals surface area (Å²) >= 11 is 0. The maximum absolute atomic E-state index is 9.11. The minimum atomic E-state index is 0.0494. The number of aliphatic hydroxyl groups is 1. The van der Waals surface area contributed by atoms with Gasteiger partial charge < -0.3 is 10.2 Å². The highest BCUT2D eigenvalue weighted by Crippen LogP contribution is 2.08. The molecule has 1 aromatic carbocycles. The fourth-order valence-electron chi connectivity index (χ4n) is 1.32. The van der Waals surface area contributed by atoms with Crippen molar-refractivity contribution in [3.05, 3.63) is 29.8 Å². The van der Waals surface area contributed by atoms with Gasteiger partial charge >= 0.3 is 0 Å². The lowest BCUT2D eigenvalue weighted by molar-refractivity contribution is 0.148. The lowest BCUT2D eigenvalue weighted by Crippen LogP contribution is -2.29. The Morgan fingerprint density at radius 3 is 2.50 bits per heavy atom. The van der Waals surface area contributed by atoms with Crippen LogP contribution in [0.5, 0.6) is 5.75 Å². The third-order valence-electron chi connectivity index (χ3n) is 2.49. The molecule has 0 heterocycles. The normalized spacial score (nSPS) is 12.9. The Balaban J connectivity index is 2.62. The number of rotatable bonds is 5. The molecule has 0 saturated heterocycles. The van der Waals surface area contributed by atoms with Crippen LogP contribution in [0.15, 0.2) is 29.4 Å². The zero-order valence-electron chi connectivity index (χ0n) is 9.67. The van der Waals surface area contributed by atoms with Crippen LogP contribution in [0.3, 0.4) is 0 Å². The van der Waals surface area contributed by atoms with Crippen LogP contribution < -0.4 is 0 Å². The first-order chi connectivity index (χ1) is 7.67. The van der Waals surface area contributed by atoms with Gasteiger partial charge in [0, 0.05) is 7.05 Å². The monoisotopic (exact) mass is 222 g/mol. The number of likely N-dealkylation sites (N-methyl/N-ethyl adjacent to an activating group) is 1. The zero-order valence-corrected chi connectivity index (χ0v) is 9.67. The van der Waals surface area contributed by atoms with Crippen LogP contribution in [0.1, 0.15) is 18.9 Å². The maximum Gasteiger partial charge on any atom is 0.115 e. The molecule has 0 unspecified atom stereocenters. The molecule has 1 atom stereocenters. The molecule has 1 aromatic rings. The molecular formula is C12H18N2O2. The van der Waals surface area contributed by atoms with Crippen molar-refractivity contribution in [2.45, 2.75) is 19.4 Å². The van der Waals surface area contributed by atoms with Crippen molar-refractivity contribution in [1.82, 2.24) is 5.01 Å². The Morgan fingerprint density at radius 1 is 1.38 bits per heavy atom. The molecule has 1 rings (SSSR count). The van der Waals surface area contributed by atoms with E-state index < -0.39 is 0 Å². The Hall–Kier alpha value is -1.55. The fraction of sp³-hybridized carbons (Fsp3) is 0.417. The van der Waals surface area contributed by atoms with E-state index in [4.69, 9.17) is 10.2 Å². The molecule has 88 valence electrons. The van der Waals surface area contributed by atoms with Gasteiger partial charge in [0.05, 0.1) is 18.9 Å². The van der Waals surface area contributed by atoms with Gasteiger partial charge in [-0.25, -0.2) is 0 Å². The highest BCUT2D eigenvalue weighted by molar-refractivity contribution is 5.79. The summed E-state index contributed by atoms with van der Waals surface area (Å²) in [4.78, 5) is 0. The number of hydrazone groups is 1. The number of nitrogens with zero attached hydrogens (tertiary/aromatic N) is 2. The van der Waals surface area contributed by atoms with Crippen LogP contribution in [0.4, 0.5) is 0 Å². The summed E-state index contributed by atoms with van der Waals surface area (Å²) in [5, 5.41) is 24.2.